The second-order valence-corrected chi connectivity index (χ2v) is 14.8. The van der Waals surface area contributed by atoms with Gasteiger partial charge in [0.15, 0.2) is 19.1 Å². The molecule has 0 bridgehead atoms. The lowest BCUT2D eigenvalue weighted by Gasteiger charge is -2.49. The first-order chi connectivity index (χ1) is 17.9. The number of halogens is 3. The third-order valence-corrected chi connectivity index (χ3v) is 8.05. The number of fused-ring (bicyclic) bond motifs is 1. The normalized spacial score (nSPS) is 15.9. The van der Waals surface area contributed by atoms with Gasteiger partial charge >= 0.3 is 0 Å². The van der Waals surface area contributed by atoms with Crippen LogP contribution in [0.25, 0.3) is 22.2 Å². The van der Waals surface area contributed by atoms with Gasteiger partial charge in [-0.15, -0.1) is 0 Å². The van der Waals surface area contributed by atoms with E-state index in [9.17, 15) is 4.89 Å². The fourth-order valence-electron chi connectivity index (χ4n) is 4.59. The van der Waals surface area contributed by atoms with Crippen LogP contribution < -0.4 is 15.0 Å². The molecule has 0 unspecified atom stereocenters. The van der Waals surface area contributed by atoms with Gasteiger partial charge in [0.05, 0.1) is 34.4 Å². The lowest BCUT2D eigenvalue weighted by atomic mass is 9.92. The van der Waals surface area contributed by atoms with Crippen LogP contribution in [0, 0.1) is 5.82 Å². The van der Waals surface area contributed by atoms with Crippen molar-refractivity contribution < 1.29 is 14.0 Å². The minimum absolute atomic E-state index is 0.191. The summed E-state index contributed by atoms with van der Waals surface area (Å²) in [5.41, 5.74) is 2.36. The summed E-state index contributed by atoms with van der Waals surface area (Å²) in [7, 11) is -1.93. The molecular formula is C26H29Cl2FN6O2P+. The Morgan fingerprint density at radius 1 is 1.21 bits per heavy atom. The zero-order valence-electron chi connectivity index (χ0n) is 21.5. The number of hydrogen-bond donors (Lipinski definition) is 3. The first-order valence-electron chi connectivity index (χ1n) is 12.1. The Hall–Kier alpha value is -2.55. The highest BCUT2D eigenvalue weighted by molar-refractivity contribution is 7.68. The summed E-state index contributed by atoms with van der Waals surface area (Å²) in [5, 5.41) is 12.4. The molecule has 0 saturated carbocycles. The van der Waals surface area contributed by atoms with Crippen LogP contribution in [0.2, 0.25) is 10.0 Å². The van der Waals surface area contributed by atoms with Crippen molar-refractivity contribution in [3.05, 3.63) is 64.3 Å². The van der Waals surface area contributed by atoms with Crippen LogP contribution in [0.1, 0.15) is 25.5 Å². The fraction of sp³-hybridized carbons (Fsp3) is 0.346. The maximum atomic E-state index is 15.2. The molecule has 5 rings (SSSR count). The molecule has 1 fully saturated rings. The molecule has 0 spiro atoms. The topological polar surface area (TPSA) is 99.2 Å². The van der Waals surface area contributed by atoms with Crippen molar-refractivity contribution in [2.24, 2.45) is 0 Å². The molecule has 38 heavy (non-hydrogen) atoms. The van der Waals surface area contributed by atoms with Crippen molar-refractivity contribution in [1.29, 1.82) is 0 Å². The Morgan fingerprint density at radius 3 is 2.58 bits per heavy atom. The molecular weight excluding hydrogens is 549 g/mol. The largest absolute Gasteiger partial charge is 0.486 e. The Labute approximate surface area is 231 Å². The van der Waals surface area contributed by atoms with E-state index in [4.69, 9.17) is 27.9 Å². The maximum absolute atomic E-state index is 15.2. The molecule has 0 amide bonds. The summed E-state index contributed by atoms with van der Waals surface area (Å²) in [6, 6.07) is 6.97. The van der Waals surface area contributed by atoms with E-state index in [1.807, 2.05) is 43.4 Å². The number of ether oxygens (including phenoxy) is 1. The van der Waals surface area contributed by atoms with Crippen LogP contribution in [0.3, 0.4) is 0 Å². The highest BCUT2D eigenvalue weighted by atomic mass is 35.5. The number of rotatable bonds is 8. The van der Waals surface area contributed by atoms with Crippen molar-refractivity contribution in [1.82, 2.24) is 25.5 Å². The molecule has 4 aromatic rings. The molecule has 8 nitrogen and oxygen atoms in total. The second-order valence-electron chi connectivity index (χ2n) is 10.5. The third-order valence-electron chi connectivity index (χ3n) is 6.51. The highest BCUT2D eigenvalue weighted by Gasteiger charge is 2.42. The molecule has 4 heterocycles. The molecule has 1 aliphatic heterocycles. The monoisotopic (exact) mass is 577 g/mol. The van der Waals surface area contributed by atoms with Gasteiger partial charge in [-0.2, -0.15) is 5.10 Å². The van der Waals surface area contributed by atoms with Crippen molar-refractivity contribution >= 4 is 47.4 Å². The predicted molar refractivity (Wildman–Crippen MR) is 152 cm³/mol. The van der Waals surface area contributed by atoms with Crippen LogP contribution >= 0.6 is 30.7 Å². The molecule has 1 atom stereocenters. The Kier molecular flexibility index (Phi) is 7.26. The maximum Gasteiger partial charge on any atom is 0.166 e. The van der Waals surface area contributed by atoms with E-state index < -0.39 is 19.4 Å². The van der Waals surface area contributed by atoms with Gasteiger partial charge in [-0.05, 0) is 38.1 Å². The summed E-state index contributed by atoms with van der Waals surface area (Å²) in [6.45, 7) is 8.85. The predicted octanol–water partition coefficient (Wildman–Crippen LogP) is 5.92. The lowest BCUT2D eigenvalue weighted by Crippen LogP contribution is -2.68. The number of H-pyrrole nitrogens is 1. The van der Waals surface area contributed by atoms with Gasteiger partial charge < -0.3 is 9.64 Å². The van der Waals surface area contributed by atoms with Crippen molar-refractivity contribution in [3.63, 3.8) is 0 Å². The van der Waals surface area contributed by atoms with Crippen molar-refractivity contribution in [2.75, 3.05) is 37.6 Å². The number of benzene rings is 1. The molecule has 200 valence electrons. The third kappa shape index (κ3) is 5.58. The molecule has 1 saturated heterocycles. The van der Waals surface area contributed by atoms with E-state index in [1.54, 1.807) is 6.20 Å². The summed E-state index contributed by atoms with van der Waals surface area (Å²) < 4.78 is 21.3. The number of aromatic amines is 1. The van der Waals surface area contributed by atoms with Gasteiger partial charge in [0.2, 0.25) is 0 Å². The summed E-state index contributed by atoms with van der Waals surface area (Å²) in [6.07, 6.45) is 4.82. The highest BCUT2D eigenvalue weighted by Crippen LogP contribution is 2.45. The summed E-state index contributed by atoms with van der Waals surface area (Å²) in [4.78, 5) is 20.4. The van der Waals surface area contributed by atoms with E-state index in [1.165, 1.54) is 18.5 Å². The first kappa shape index (κ1) is 27.0. The number of aromatic nitrogens is 4. The van der Waals surface area contributed by atoms with Gasteiger partial charge in [0.25, 0.3) is 0 Å². The zero-order chi connectivity index (χ0) is 27.2. The Morgan fingerprint density at radius 2 is 1.92 bits per heavy atom. The Balaban J connectivity index is 1.34. The molecule has 1 aliphatic rings. The second kappa shape index (κ2) is 10.2. The van der Waals surface area contributed by atoms with E-state index in [0.29, 0.717) is 57.8 Å². The van der Waals surface area contributed by atoms with E-state index in [2.05, 4.69) is 32.4 Å². The molecule has 1 aromatic carbocycles. The number of anilines is 1. The van der Waals surface area contributed by atoms with Gasteiger partial charge in [-0.3, -0.25) is 20.3 Å². The van der Waals surface area contributed by atoms with Gasteiger partial charge in [-0.1, -0.05) is 23.2 Å². The average molecular weight is 578 g/mol. The van der Waals surface area contributed by atoms with E-state index >= 15 is 4.39 Å². The van der Waals surface area contributed by atoms with Crippen LogP contribution in [-0.4, -0.2) is 63.3 Å². The molecule has 0 radical (unpaired) electrons. The van der Waals surface area contributed by atoms with Crippen LogP contribution in [0.4, 0.5) is 10.2 Å². The summed E-state index contributed by atoms with van der Waals surface area (Å²) >= 11 is 12.6. The molecule has 3 N–H and O–H groups in total. The quantitative estimate of drug-likeness (QED) is 0.224. The SMILES string of the molecule is C[C@@H](Oc1ccc2[nH]nc(-c3cnc(N4CC(C)(NC[P+](C)(C)O)C4)c(F)c3)c2c1)c1c(Cl)cncc1Cl. The van der Waals surface area contributed by atoms with Crippen LogP contribution in [-0.2, 0) is 0 Å². The first-order valence-corrected chi connectivity index (χ1v) is 15.7. The van der Waals surface area contributed by atoms with Crippen molar-refractivity contribution in [3.8, 4) is 17.0 Å². The minimum Gasteiger partial charge on any atom is -0.486 e. The van der Waals surface area contributed by atoms with Crippen molar-refractivity contribution in [2.45, 2.75) is 25.5 Å². The number of nitrogens with zero attached hydrogens (tertiary/aromatic N) is 4. The summed E-state index contributed by atoms with van der Waals surface area (Å²) in [5.74, 6) is 0.469. The Bertz CT molecular complexity index is 1470. The number of nitrogens with one attached hydrogen (secondary N) is 2. The lowest BCUT2D eigenvalue weighted by molar-refractivity contribution is 0.227. The van der Waals surface area contributed by atoms with E-state index in [0.717, 1.165) is 10.9 Å². The van der Waals surface area contributed by atoms with E-state index in [-0.39, 0.29) is 5.54 Å². The number of pyridine rings is 2. The molecule has 0 aliphatic carbocycles. The van der Waals surface area contributed by atoms with Gasteiger partial charge in [-0.25, -0.2) is 9.37 Å². The number of hydrogen-bond acceptors (Lipinski definition) is 7. The minimum atomic E-state index is -1.93. The van der Waals surface area contributed by atoms with Gasteiger partial charge in [0, 0.05) is 48.2 Å². The smallest absolute Gasteiger partial charge is 0.166 e. The molecule has 12 heteroatoms. The van der Waals surface area contributed by atoms with Crippen LogP contribution in [0.15, 0.2) is 42.9 Å². The standard InChI is InChI=1S/C26H29Cl2FN6O2P/c1-15(23-19(27)10-30-11-20(23)28)37-17-5-6-22-18(8-17)24(34-33-22)16-7-21(29)25(31-9-16)35-12-26(2,13-35)32-14-38(3,4)36/h5-11,15,32,36H,12-14H2,1-4H3,(H,33,34)/q+1/t15-/m1/s1. The average Bonchev–Trinajstić information content (AvgIpc) is 3.24. The fourth-order valence-corrected chi connectivity index (χ4v) is 6.03. The van der Waals surface area contributed by atoms with Gasteiger partial charge in [0.1, 0.15) is 23.8 Å². The zero-order valence-corrected chi connectivity index (χ0v) is 23.9. The van der Waals surface area contributed by atoms with Crippen LogP contribution in [0.5, 0.6) is 5.75 Å². The molecule has 3 aromatic heterocycles.